The Hall–Kier alpha value is -3.25. The summed E-state index contributed by atoms with van der Waals surface area (Å²) in [5.74, 6) is 0.178. The molecule has 0 spiro atoms. The van der Waals surface area contributed by atoms with Crippen LogP contribution in [0.5, 0.6) is 5.75 Å². The molecule has 0 radical (unpaired) electrons. The van der Waals surface area contributed by atoms with Gasteiger partial charge in [-0.05, 0) is 56.4 Å². The molecule has 4 rings (SSSR count). The van der Waals surface area contributed by atoms with Crippen LogP contribution < -0.4 is 4.74 Å². The quantitative estimate of drug-likeness (QED) is 0.243. The van der Waals surface area contributed by atoms with E-state index in [2.05, 4.69) is 16.9 Å². The summed E-state index contributed by atoms with van der Waals surface area (Å²) in [5.41, 5.74) is 4.89. The van der Waals surface area contributed by atoms with E-state index < -0.39 is 5.92 Å². The highest BCUT2D eigenvalue weighted by Crippen LogP contribution is 2.40. The number of aromatic amines is 1. The fourth-order valence-electron chi connectivity index (χ4n) is 4.07. The van der Waals surface area contributed by atoms with Crippen molar-refractivity contribution in [3.8, 4) is 5.75 Å². The van der Waals surface area contributed by atoms with Gasteiger partial charge >= 0.3 is 5.97 Å². The van der Waals surface area contributed by atoms with E-state index in [4.69, 9.17) is 9.47 Å². The van der Waals surface area contributed by atoms with Crippen molar-refractivity contribution in [1.82, 2.24) is 9.97 Å². The fourth-order valence-corrected chi connectivity index (χ4v) is 4.95. The topological polar surface area (TPSA) is 64.2 Å². The molecule has 33 heavy (non-hydrogen) atoms. The van der Waals surface area contributed by atoms with Crippen LogP contribution in [-0.4, -0.2) is 28.8 Å². The van der Waals surface area contributed by atoms with E-state index >= 15 is 0 Å². The predicted octanol–water partition coefficient (Wildman–Crippen LogP) is 6.06. The molecular weight excluding hydrogens is 432 g/mol. The van der Waals surface area contributed by atoms with Gasteiger partial charge in [0.1, 0.15) is 18.3 Å². The van der Waals surface area contributed by atoms with Crippen LogP contribution in [-0.2, 0) is 22.6 Å². The SMILES string of the molecule is CCOC(=O)C(Cc1ccccc1)c1[nH]c2ccc(OCc3ccccn3)c(C)c2c1SC. The van der Waals surface area contributed by atoms with Crippen LogP contribution in [0.1, 0.15) is 35.4 Å². The number of pyridine rings is 1. The monoisotopic (exact) mass is 460 g/mol. The average Bonchev–Trinajstić information content (AvgIpc) is 3.22. The van der Waals surface area contributed by atoms with E-state index in [1.807, 2.05) is 73.8 Å². The summed E-state index contributed by atoms with van der Waals surface area (Å²) in [6.45, 7) is 4.65. The van der Waals surface area contributed by atoms with Crippen LogP contribution in [0, 0.1) is 6.92 Å². The van der Waals surface area contributed by atoms with Gasteiger partial charge in [-0.25, -0.2) is 0 Å². The second-order valence-corrected chi connectivity index (χ2v) is 8.60. The standard InChI is InChI=1S/C27H28N2O3S/c1-4-31-27(30)21(16-19-10-6-5-7-11-19)25-26(33-3)24-18(2)23(14-13-22(24)29-25)32-17-20-12-8-9-15-28-20/h5-15,21,29H,4,16-17H2,1-3H3. The number of aromatic nitrogens is 2. The van der Waals surface area contributed by atoms with Crippen LogP contribution >= 0.6 is 11.8 Å². The van der Waals surface area contributed by atoms with E-state index in [0.717, 1.165) is 44.1 Å². The van der Waals surface area contributed by atoms with E-state index in [-0.39, 0.29) is 5.97 Å². The van der Waals surface area contributed by atoms with Crippen LogP contribution in [0.3, 0.4) is 0 Å². The van der Waals surface area contributed by atoms with Crippen molar-refractivity contribution in [3.05, 3.63) is 89.4 Å². The van der Waals surface area contributed by atoms with Crippen molar-refractivity contribution >= 4 is 28.6 Å². The zero-order valence-corrected chi connectivity index (χ0v) is 19.9. The predicted molar refractivity (Wildman–Crippen MR) is 133 cm³/mol. The van der Waals surface area contributed by atoms with Gasteiger partial charge in [0.25, 0.3) is 0 Å². The molecule has 0 aliphatic rings. The van der Waals surface area contributed by atoms with Gasteiger partial charge in [0.2, 0.25) is 0 Å². The van der Waals surface area contributed by atoms with Gasteiger partial charge in [0, 0.05) is 33.3 Å². The van der Waals surface area contributed by atoms with Crippen LogP contribution in [0.15, 0.2) is 71.8 Å². The Kier molecular flexibility index (Phi) is 7.35. The van der Waals surface area contributed by atoms with Gasteiger partial charge in [0.05, 0.1) is 12.3 Å². The Bertz CT molecular complexity index is 1220. The third-order valence-corrected chi connectivity index (χ3v) is 6.50. The van der Waals surface area contributed by atoms with Crippen molar-refractivity contribution in [2.24, 2.45) is 0 Å². The number of benzene rings is 2. The number of ether oxygens (including phenoxy) is 2. The number of nitrogens with one attached hydrogen (secondary N) is 1. The van der Waals surface area contributed by atoms with Crippen molar-refractivity contribution in [3.63, 3.8) is 0 Å². The molecule has 1 unspecified atom stereocenters. The van der Waals surface area contributed by atoms with Crippen LogP contribution in [0.2, 0.25) is 0 Å². The smallest absolute Gasteiger partial charge is 0.315 e. The molecule has 0 aliphatic heterocycles. The molecule has 170 valence electrons. The number of esters is 1. The lowest BCUT2D eigenvalue weighted by Gasteiger charge is -2.16. The van der Waals surface area contributed by atoms with Gasteiger partial charge in [0.15, 0.2) is 0 Å². The summed E-state index contributed by atoms with van der Waals surface area (Å²) >= 11 is 1.64. The highest BCUT2D eigenvalue weighted by molar-refractivity contribution is 7.98. The fraction of sp³-hybridized carbons (Fsp3) is 0.259. The van der Waals surface area contributed by atoms with E-state index in [1.165, 1.54) is 0 Å². The largest absolute Gasteiger partial charge is 0.487 e. The number of fused-ring (bicyclic) bond motifs is 1. The molecule has 2 aromatic heterocycles. The maximum absolute atomic E-state index is 13.0. The van der Waals surface area contributed by atoms with Crippen LogP contribution in [0.4, 0.5) is 0 Å². The number of hydrogen-bond donors (Lipinski definition) is 1. The summed E-state index contributed by atoms with van der Waals surface area (Å²) in [7, 11) is 0. The highest BCUT2D eigenvalue weighted by atomic mass is 32.2. The van der Waals surface area contributed by atoms with Crippen molar-refractivity contribution in [1.29, 1.82) is 0 Å². The molecule has 0 amide bonds. The lowest BCUT2D eigenvalue weighted by molar-refractivity contribution is -0.145. The minimum atomic E-state index is -0.417. The summed E-state index contributed by atoms with van der Waals surface area (Å²) in [6.07, 6.45) is 4.38. The molecule has 2 aromatic carbocycles. The Morgan fingerprint density at radius 3 is 2.58 bits per heavy atom. The molecule has 0 saturated heterocycles. The first-order valence-corrected chi connectivity index (χ1v) is 12.3. The summed E-state index contributed by atoms with van der Waals surface area (Å²) in [6, 6.07) is 19.8. The molecule has 0 aliphatic carbocycles. The lowest BCUT2D eigenvalue weighted by Crippen LogP contribution is -2.19. The molecule has 0 saturated carbocycles. The number of thioether (sulfide) groups is 1. The number of carbonyl (C=O) groups is 1. The maximum atomic E-state index is 13.0. The van der Waals surface area contributed by atoms with Gasteiger partial charge in [-0.2, -0.15) is 0 Å². The van der Waals surface area contributed by atoms with E-state index in [9.17, 15) is 4.79 Å². The normalized spacial score (nSPS) is 12.0. The number of nitrogens with zero attached hydrogens (tertiary/aromatic N) is 1. The molecule has 1 atom stereocenters. The van der Waals surface area contributed by atoms with Gasteiger partial charge in [-0.3, -0.25) is 9.78 Å². The first-order chi connectivity index (χ1) is 16.1. The lowest BCUT2D eigenvalue weighted by atomic mass is 9.96. The minimum Gasteiger partial charge on any atom is -0.487 e. The molecular formula is C27H28N2O3S. The zero-order chi connectivity index (χ0) is 23.2. The summed E-state index contributed by atoms with van der Waals surface area (Å²) < 4.78 is 11.6. The highest BCUT2D eigenvalue weighted by Gasteiger charge is 2.29. The van der Waals surface area contributed by atoms with E-state index in [1.54, 1.807) is 18.0 Å². The third kappa shape index (κ3) is 5.06. The molecule has 6 heteroatoms. The average molecular weight is 461 g/mol. The minimum absolute atomic E-state index is 0.215. The second kappa shape index (κ2) is 10.6. The number of aryl methyl sites for hydroxylation is 1. The first-order valence-electron chi connectivity index (χ1n) is 11.0. The first kappa shape index (κ1) is 22.9. The van der Waals surface area contributed by atoms with Gasteiger partial charge in [-0.15, -0.1) is 11.8 Å². The zero-order valence-electron chi connectivity index (χ0n) is 19.1. The van der Waals surface area contributed by atoms with Crippen molar-refractivity contribution in [2.75, 3.05) is 12.9 Å². The molecule has 2 heterocycles. The number of hydrogen-bond acceptors (Lipinski definition) is 5. The van der Waals surface area contributed by atoms with Crippen molar-refractivity contribution < 1.29 is 14.3 Å². The molecule has 4 aromatic rings. The molecule has 5 nitrogen and oxygen atoms in total. The number of carbonyl (C=O) groups excluding carboxylic acids is 1. The van der Waals surface area contributed by atoms with Gasteiger partial charge < -0.3 is 14.5 Å². The Balaban J connectivity index is 1.72. The van der Waals surface area contributed by atoms with Gasteiger partial charge in [-0.1, -0.05) is 36.4 Å². The molecule has 0 fully saturated rings. The van der Waals surface area contributed by atoms with Crippen molar-refractivity contribution in [2.45, 2.75) is 37.7 Å². The van der Waals surface area contributed by atoms with E-state index in [0.29, 0.717) is 19.6 Å². The Morgan fingerprint density at radius 1 is 1.09 bits per heavy atom. The maximum Gasteiger partial charge on any atom is 0.315 e. The summed E-state index contributed by atoms with van der Waals surface area (Å²) in [5, 5.41) is 1.08. The Morgan fingerprint density at radius 2 is 1.88 bits per heavy atom. The second-order valence-electron chi connectivity index (χ2n) is 7.79. The molecule has 1 N–H and O–H groups in total. The van der Waals surface area contributed by atoms with Crippen LogP contribution in [0.25, 0.3) is 10.9 Å². The third-order valence-electron chi connectivity index (χ3n) is 5.66. The number of rotatable bonds is 9. The summed E-state index contributed by atoms with van der Waals surface area (Å²) in [4.78, 5) is 21.9. The Labute approximate surface area is 198 Å². The molecule has 0 bridgehead atoms. The number of H-pyrrole nitrogens is 1.